The molecule has 0 fully saturated rings. The Bertz CT molecular complexity index is 743. The monoisotopic (exact) mass is 326 g/mol. The van der Waals surface area contributed by atoms with Gasteiger partial charge in [-0.3, -0.25) is 4.98 Å². The zero-order valence-corrected chi connectivity index (χ0v) is 12.8. The molecule has 3 aromatic rings. The predicted molar refractivity (Wildman–Crippen MR) is 86.5 cm³/mol. The standard InChI is InChI=1S/C17H15BrN2/c1-17(19,12-7-9-13(18)10-8-12)15-5-2-6-16-14(15)4-3-11-20-16/h2-11H,19H2,1H3. The highest BCUT2D eigenvalue weighted by atomic mass is 79.9. The molecule has 1 heterocycles. The Morgan fingerprint density at radius 2 is 1.75 bits per heavy atom. The number of hydrogen-bond acceptors (Lipinski definition) is 2. The fourth-order valence-electron chi connectivity index (χ4n) is 2.51. The molecule has 0 amide bonds. The first-order chi connectivity index (χ1) is 9.59. The Morgan fingerprint density at radius 3 is 2.50 bits per heavy atom. The molecule has 100 valence electrons. The SMILES string of the molecule is CC(N)(c1ccc(Br)cc1)c1cccc2ncccc12. The van der Waals surface area contributed by atoms with E-state index in [1.807, 2.05) is 37.3 Å². The molecule has 0 bridgehead atoms. The highest BCUT2D eigenvalue weighted by Gasteiger charge is 2.25. The number of halogens is 1. The molecule has 20 heavy (non-hydrogen) atoms. The van der Waals surface area contributed by atoms with Crippen LogP contribution in [0.4, 0.5) is 0 Å². The van der Waals surface area contributed by atoms with Crippen LogP contribution in [0.1, 0.15) is 18.1 Å². The number of hydrogen-bond donors (Lipinski definition) is 1. The summed E-state index contributed by atoms with van der Waals surface area (Å²) in [5.41, 5.74) is 9.22. The first-order valence-corrected chi connectivity index (χ1v) is 7.27. The number of pyridine rings is 1. The van der Waals surface area contributed by atoms with Crippen molar-refractivity contribution in [2.24, 2.45) is 5.73 Å². The molecular formula is C17H15BrN2. The quantitative estimate of drug-likeness (QED) is 0.765. The minimum absolute atomic E-state index is 0.552. The van der Waals surface area contributed by atoms with Gasteiger partial charge in [0.2, 0.25) is 0 Å². The average molecular weight is 327 g/mol. The number of nitrogens with two attached hydrogens (primary N) is 1. The van der Waals surface area contributed by atoms with Crippen molar-refractivity contribution in [2.75, 3.05) is 0 Å². The Kier molecular flexibility index (Phi) is 3.32. The summed E-state index contributed by atoms with van der Waals surface area (Å²) in [5, 5.41) is 1.10. The largest absolute Gasteiger partial charge is 0.318 e. The molecule has 0 aliphatic carbocycles. The van der Waals surface area contributed by atoms with Crippen molar-refractivity contribution >= 4 is 26.8 Å². The topological polar surface area (TPSA) is 38.9 Å². The zero-order chi connectivity index (χ0) is 14.2. The third kappa shape index (κ3) is 2.23. The van der Waals surface area contributed by atoms with E-state index in [1.165, 1.54) is 0 Å². The van der Waals surface area contributed by atoms with E-state index in [4.69, 9.17) is 5.73 Å². The molecule has 0 saturated carbocycles. The van der Waals surface area contributed by atoms with Crippen LogP contribution in [-0.4, -0.2) is 4.98 Å². The maximum absolute atomic E-state index is 6.63. The number of nitrogens with zero attached hydrogens (tertiary/aromatic N) is 1. The van der Waals surface area contributed by atoms with Gasteiger partial charge in [0.15, 0.2) is 0 Å². The summed E-state index contributed by atoms with van der Waals surface area (Å²) in [6, 6.07) is 18.3. The molecule has 1 atom stereocenters. The van der Waals surface area contributed by atoms with Gasteiger partial charge in [-0.05, 0) is 42.3 Å². The molecule has 0 radical (unpaired) electrons. The zero-order valence-electron chi connectivity index (χ0n) is 11.2. The van der Waals surface area contributed by atoms with Crippen molar-refractivity contribution in [1.82, 2.24) is 4.98 Å². The van der Waals surface area contributed by atoms with Gasteiger partial charge >= 0.3 is 0 Å². The average Bonchev–Trinajstić information content (AvgIpc) is 2.47. The maximum atomic E-state index is 6.63. The summed E-state index contributed by atoms with van der Waals surface area (Å²) in [6.45, 7) is 2.04. The van der Waals surface area contributed by atoms with Gasteiger partial charge in [-0.2, -0.15) is 0 Å². The molecule has 0 saturated heterocycles. The van der Waals surface area contributed by atoms with Crippen LogP contribution in [0.2, 0.25) is 0 Å². The normalized spacial score (nSPS) is 14.2. The molecule has 2 aromatic carbocycles. The molecule has 1 unspecified atom stereocenters. The van der Waals surface area contributed by atoms with Crippen molar-refractivity contribution in [3.63, 3.8) is 0 Å². The molecule has 1 aromatic heterocycles. The van der Waals surface area contributed by atoms with Crippen molar-refractivity contribution in [1.29, 1.82) is 0 Å². The maximum Gasteiger partial charge on any atom is 0.0705 e. The van der Waals surface area contributed by atoms with E-state index < -0.39 is 5.54 Å². The highest BCUT2D eigenvalue weighted by Crippen LogP contribution is 2.32. The van der Waals surface area contributed by atoms with E-state index in [0.29, 0.717) is 0 Å². The summed E-state index contributed by atoms with van der Waals surface area (Å²) < 4.78 is 1.05. The summed E-state index contributed by atoms with van der Waals surface area (Å²) in [5.74, 6) is 0. The summed E-state index contributed by atoms with van der Waals surface area (Å²) >= 11 is 3.46. The molecule has 2 N–H and O–H groups in total. The van der Waals surface area contributed by atoms with Crippen LogP contribution < -0.4 is 5.73 Å². The number of rotatable bonds is 2. The molecule has 0 aliphatic rings. The van der Waals surface area contributed by atoms with Crippen molar-refractivity contribution < 1.29 is 0 Å². The van der Waals surface area contributed by atoms with E-state index >= 15 is 0 Å². The van der Waals surface area contributed by atoms with Gasteiger partial charge < -0.3 is 5.73 Å². The van der Waals surface area contributed by atoms with Crippen LogP contribution in [0, 0.1) is 0 Å². The minimum atomic E-state index is -0.552. The molecular weight excluding hydrogens is 312 g/mol. The summed E-state index contributed by atoms with van der Waals surface area (Å²) in [7, 11) is 0. The Labute approximate surface area is 126 Å². The Hall–Kier alpha value is -1.71. The molecule has 3 heteroatoms. The van der Waals surface area contributed by atoms with E-state index in [0.717, 1.165) is 26.5 Å². The second-order valence-electron chi connectivity index (χ2n) is 5.08. The van der Waals surface area contributed by atoms with Crippen molar-refractivity contribution in [3.05, 3.63) is 76.4 Å². The van der Waals surface area contributed by atoms with E-state index in [-0.39, 0.29) is 0 Å². The smallest absolute Gasteiger partial charge is 0.0705 e. The summed E-state index contributed by atoms with van der Waals surface area (Å²) in [6.07, 6.45) is 1.81. The van der Waals surface area contributed by atoms with Crippen LogP contribution in [0.3, 0.4) is 0 Å². The van der Waals surface area contributed by atoms with Gasteiger partial charge in [-0.25, -0.2) is 0 Å². The second kappa shape index (κ2) is 5.00. The van der Waals surface area contributed by atoms with E-state index in [1.54, 1.807) is 6.20 Å². The molecule has 3 rings (SSSR count). The number of aromatic nitrogens is 1. The van der Waals surface area contributed by atoms with E-state index in [9.17, 15) is 0 Å². The fourth-order valence-corrected chi connectivity index (χ4v) is 2.77. The van der Waals surface area contributed by atoms with Gasteiger partial charge in [-0.15, -0.1) is 0 Å². The van der Waals surface area contributed by atoms with Crippen LogP contribution in [0.25, 0.3) is 10.9 Å². The first-order valence-electron chi connectivity index (χ1n) is 6.48. The van der Waals surface area contributed by atoms with Gasteiger partial charge in [0.25, 0.3) is 0 Å². The van der Waals surface area contributed by atoms with Crippen LogP contribution >= 0.6 is 15.9 Å². The van der Waals surface area contributed by atoms with Crippen molar-refractivity contribution in [2.45, 2.75) is 12.5 Å². The lowest BCUT2D eigenvalue weighted by atomic mass is 9.83. The van der Waals surface area contributed by atoms with Crippen LogP contribution in [0.5, 0.6) is 0 Å². The summed E-state index contributed by atoms with van der Waals surface area (Å²) in [4.78, 5) is 4.40. The first kappa shape index (κ1) is 13.3. The number of benzene rings is 2. The molecule has 2 nitrogen and oxygen atoms in total. The van der Waals surface area contributed by atoms with Gasteiger partial charge in [0.1, 0.15) is 0 Å². The fraction of sp³-hybridized carbons (Fsp3) is 0.118. The molecule has 0 aliphatic heterocycles. The third-order valence-electron chi connectivity index (χ3n) is 3.65. The lowest BCUT2D eigenvalue weighted by molar-refractivity contribution is 0.608. The Balaban J connectivity index is 2.20. The van der Waals surface area contributed by atoms with Crippen LogP contribution in [0.15, 0.2) is 65.3 Å². The van der Waals surface area contributed by atoms with Gasteiger partial charge in [0.05, 0.1) is 11.1 Å². The van der Waals surface area contributed by atoms with Gasteiger partial charge in [0, 0.05) is 16.1 Å². The van der Waals surface area contributed by atoms with Gasteiger partial charge in [-0.1, -0.05) is 46.3 Å². The van der Waals surface area contributed by atoms with E-state index in [2.05, 4.69) is 45.2 Å². The van der Waals surface area contributed by atoms with Crippen molar-refractivity contribution in [3.8, 4) is 0 Å². The molecule has 0 spiro atoms. The number of fused-ring (bicyclic) bond motifs is 1. The second-order valence-corrected chi connectivity index (χ2v) is 6.00. The van der Waals surface area contributed by atoms with Crippen LogP contribution in [-0.2, 0) is 5.54 Å². The lowest BCUT2D eigenvalue weighted by Crippen LogP contribution is -2.34. The predicted octanol–water partition coefficient (Wildman–Crippen LogP) is 4.22. The Morgan fingerprint density at radius 1 is 1.00 bits per heavy atom. The highest BCUT2D eigenvalue weighted by molar-refractivity contribution is 9.10. The minimum Gasteiger partial charge on any atom is -0.318 e. The lowest BCUT2D eigenvalue weighted by Gasteiger charge is -2.27. The third-order valence-corrected chi connectivity index (χ3v) is 4.18.